The predicted molar refractivity (Wildman–Crippen MR) is 40.1 cm³/mol. The Morgan fingerprint density at radius 2 is 2.00 bits per heavy atom. The molecule has 0 amide bonds. The van der Waals surface area contributed by atoms with Crippen LogP contribution in [0.1, 0.15) is 6.92 Å². The molecule has 0 bridgehead atoms. The predicted octanol–water partition coefficient (Wildman–Crippen LogP) is 0.101. The monoisotopic (exact) mass is 138 g/mol. The Kier molecular flexibility index (Phi) is 2.32. The highest BCUT2D eigenvalue weighted by atomic mass is 16.3. The lowest BCUT2D eigenvalue weighted by Gasteiger charge is -2.26. The van der Waals surface area contributed by atoms with E-state index >= 15 is 0 Å². The lowest BCUT2D eigenvalue weighted by molar-refractivity contribution is 0.0923. The van der Waals surface area contributed by atoms with Crippen LogP contribution < -0.4 is 5.73 Å². The summed E-state index contributed by atoms with van der Waals surface area (Å²) >= 11 is 0. The molecule has 0 heterocycles. The van der Waals surface area contributed by atoms with Crippen molar-refractivity contribution >= 4 is 0 Å². The van der Waals surface area contributed by atoms with Crippen molar-refractivity contribution in [2.45, 2.75) is 12.5 Å². The van der Waals surface area contributed by atoms with E-state index in [9.17, 15) is 5.11 Å². The Morgan fingerprint density at radius 3 is 2.40 bits per heavy atom. The molecule has 0 aliphatic heterocycles. The first kappa shape index (κ1) is 8.02. The molecule has 3 N–H and O–H groups in total. The zero-order chi connectivity index (χ0) is 7.61. The molecule has 1 unspecified atom stereocenters. The van der Waals surface area contributed by atoms with Crippen LogP contribution in [0.2, 0.25) is 0 Å². The minimum atomic E-state index is -0.858. The quantitative estimate of drug-likeness (QED) is 0.568. The van der Waals surface area contributed by atoms with E-state index in [1.807, 2.05) is 25.7 Å². The van der Waals surface area contributed by atoms with Crippen molar-refractivity contribution in [3.05, 3.63) is 31.6 Å². The average Bonchev–Trinajstić information content (AvgIpc) is 2.38. The summed E-state index contributed by atoms with van der Waals surface area (Å²) in [5.41, 5.74) is 4.49. The second-order valence-corrected chi connectivity index (χ2v) is 2.65. The fourth-order valence-electron chi connectivity index (χ4n) is 0.851. The van der Waals surface area contributed by atoms with Gasteiger partial charge in [0.15, 0.2) is 0 Å². The molecule has 1 atom stereocenters. The molecule has 2 nitrogen and oxygen atoms in total. The van der Waals surface area contributed by atoms with Crippen molar-refractivity contribution in [1.29, 1.82) is 0 Å². The second-order valence-electron chi connectivity index (χ2n) is 2.65. The Hall–Kier alpha value is -0.0800. The molecule has 55 valence electrons. The van der Waals surface area contributed by atoms with Crippen LogP contribution in [0.4, 0.5) is 0 Å². The second kappa shape index (κ2) is 2.89. The highest BCUT2D eigenvalue weighted by molar-refractivity contribution is 5.40. The average molecular weight is 138 g/mol. The summed E-state index contributed by atoms with van der Waals surface area (Å²) < 4.78 is 0. The summed E-state index contributed by atoms with van der Waals surface area (Å²) in [6.45, 7) is 1.97. The molecule has 5 radical (unpaired) electrons. The van der Waals surface area contributed by atoms with E-state index in [0.717, 1.165) is 5.92 Å². The van der Waals surface area contributed by atoms with Gasteiger partial charge in [-0.1, -0.05) is 0 Å². The molecule has 10 heavy (non-hydrogen) atoms. The zero-order valence-corrected chi connectivity index (χ0v) is 6.04. The van der Waals surface area contributed by atoms with Crippen molar-refractivity contribution < 1.29 is 5.11 Å². The first-order valence-corrected chi connectivity index (χ1v) is 3.31. The van der Waals surface area contributed by atoms with E-state index in [2.05, 4.69) is 0 Å². The smallest absolute Gasteiger partial charge is 0.0809 e. The van der Waals surface area contributed by atoms with Gasteiger partial charge in [0.05, 0.1) is 5.60 Å². The van der Waals surface area contributed by atoms with E-state index < -0.39 is 5.60 Å². The molecule has 0 aromatic carbocycles. The number of aliphatic hydroxyl groups is 1. The minimum Gasteiger partial charge on any atom is -0.388 e. The molecule has 1 rings (SSSR count). The minimum absolute atomic E-state index is 0.261. The van der Waals surface area contributed by atoms with E-state index in [1.165, 1.54) is 0 Å². The highest BCUT2D eigenvalue weighted by Crippen LogP contribution is 2.32. The van der Waals surface area contributed by atoms with Crippen LogP contribution in [0, 0.1) is 31.6 Å². The van der Waals surface area contributed by atoms with Gasteiger partial charge in [-0.2, -0.15) is 0 Å². The summed E-state index contributed by atoms with van der Waals surface area (Å²) in [6, 6.07) is 0. The van der Waals surface area contributed by atoms with Crippen LogP contribution in [0.3, 0.4) is 0 Å². The lowest BCUT2D eigenvalue weighted by atomic mass is 9.88. The van der Waals surface area contributed by atoms with Gasteiger partial charge in [0, 0.05) is 12.5 Å². The van der Waals surface area contributed by atoms with Crippen LogP contribution in [0.15, 0.2) is 0 Å². The standard InChI is InChI=1S/C8H12NO/c1-8(10,6-9)7-4-2-3-5-7/h2-5,10H,6,9H2,1H3. The van der Waals surface area contributed by atoms with Gasteiger partial charge >= 0.3 is 0 Å². The van der Waals surface area contributed by atoms with Crippen molar-refractivity contribution in [3.63, 3.8) is 0 Å². The molecule has 0 spiro atoms. The first-order chi connectivity index (χ1) is 4.67. The molecule has 1 aliphatic rings. The van der Waals surface area contributed by atoms with Crippen LogP contribution >= 0.6 is 0 Å². The molecule has 1 saturated carbocycles. The number of hydrogen-bond donors (Lipinski definition) is 2. The van der Waals surface area contributed by atoms with Crippen LogP contribution in [0.25, 0.3) is 0 Å². The fourth-order valence-corrected chi connectivity index (χ4v) is 0.851. The maximum absolute atomic E-state index is 9.56. The number of hydrogen-bond acceptors (Lipinski definition) is 2. The Labute approximate surface area is 62.4 Å². The maximum Gasteiger partial charge on any atom is 0.0809 e. The van der Waals surface area contributed by atoms with Gasteiger partial charge in [-0.05, 0) is 32.6 Å². The van der Waals surface area contributed by atoms with E-state index in [1.54, 1.807) is 6.92 Å². The summed E-state index contributed by atoms with van der Waals surface area (Å²) in [5, 5.41) is 9.56. The first-order valence-electron chi connectivity index (χ1n) is 3.31. The van der Waals surface area contributed by atoms with Gasteiger partial charge in [-0.25, -0.2) is 0 Å². The third-order valence-electron chi connectivity index (χ3n) is 1.68. The summed E-state index contributed by atoms with van der Waals surface area (Å²) in [5.74, 6) is 0.884. The molecule has 2 heteroatoms. The van der Waals surface area contributed by atoms with Gasteiger partial charge in [-0.15, -0.1) is 0 Å². The summed E-state index contributed by atoms with van der Waals surface area (Å²) in [4.78, 5) is 0. The highest BCUT2D eigenvalue weighted by Gasteiger charge is 2.33. The Morgan fingerprint density at radius 1 is 1.50 bits per heavy atom. The zero-order valence-electron chi connectivity index (χ0n) is 6.04. The largest absolute Gasteiger partial charge is 0.388 e. The normalized spacial score (nSPS) is 26.7. The van der Waals surface area contributed by atoms with Crippen molar-refractivity contribution in [3.8, 4) is 0 Å². The van der Waals surface area contributed by atoms with E-state index in [0.29, 0.717) is 0 Å². The summed E-state index contributed by atoms with van der Waals surface area (Å²) in [6.07, 6.45) is 7.51. The molecule has 0 aromatic rings. The third-order valence-corrected chi connectivity index (χ3v) is 1.68. The molecule has 1 fully saturated rings. The lowest BCUT2D eigenvalue weighted by Crippen LogP contribution is -2.39. The van der Waals surface area contributed by atoms with Gasteiger partial charge in [-0.3, -0.25) is 0 Å². The third kappa shape index (κ3) is 1.50. The van der Waals surface area contributed by atoms with Gasteiger partial charge in [0.1, 0.15) is 0 Å². The van der Waals surface area contributed by atoms with Crippen molar-refractivity contribution in [2.75, 3.05) is 6.54 Å². The van der Waals surface area contributed by atoms with E-state index in [-0.39, 0.29) is 6.54 Å². The Bertz CT molecular complexity index is 106. The SMILES string of the molecule is CC(O)(CN)[C]1[CH][CH][CH][CH]1. The molecular weight excluding hydrogens is 126 g/mol. The van der Waals surface area contributed by atoms with Gasteiger partial charge in [0.25, 0.3) is 0 Å². The topological polar surface area (TPSA) is 46.2 Å². The van der Waals surface area contributed by atoms with Crippen LogP contribution in [-0.2, 0) is 0 Å². The molecule has 0 saturated heterocycles. The van der Waals surface area contributed by atoms with Crippen LogP contribution in [-0.4, -0.2) is 17.3 Å². The van der Waals surface area contributed by atoms with Gasteiger partial charge < -0.3 is 10.8 Å². The van der Waals surface area contributed by atoms with E-state index in [4.69, 9.17) is 5.73 Å². The maximum atomic E-state index is 9.56. The molecule has 0 aromatic heterocycles. The fraction of sp³-hybridized carbons (Fsp3) is 0.375. The molecular formula is C8H12NO. The van der Waals surface area contributed by atoms with Crippen molar-refractivity contribution in [2.24, 2.45) is 5.73 Å². The Balaban J connectivity index is 2.45. The van der Waals surface area contributed by atoms with Crippen molar-refractivity contribution in [1.82, 2.24) is 0 Å². The summed E-state index contributed by atoms with van der Waals surface area (Å²) in [7, 11) is 0. The number of nitrogens with two attached hydrogens (primary N) is 1. The van der Waals surface area contributed by atoms with Gasteiger partial charge in [0.2, 0.25) is 0 Å². The number of rotatable bonds is 2. The molecule has 1 aliphatic carbocycles. The van der Waals surface area contributed by atoms with Crippen LogP contribution in [0.5, 0.6) is 0 Å².